The Kier molecular flexibility index (Phi) is 5.64. The second kappa shape index (κ2) is 8.31. The number of nitrogens with zero attached hydrogens (tertiary/aromatic N) is 3. The number of pyridine rings is 1. The fourth-order valence-corrected chi connectivity index (χ4v) is 4.91. The van der Waals surface area contributed by atoms with Gasteiger partial charge in [0.15, 0.2) is 0 Å². The molecular formula is C21H25N3O2S. The van der Waals surface area contributed by atoms with Gasteiger partial charge >= 0.3 is 5.97 Å². The summed E-state index contributed by atoms with van der Waals surface area (Å²) >= 11 is 1.78. The Balaban J connectivity index is 1.47. The molecule has 1 saturated heterocycles. The number of benzene rings is 1. The molecule has 6 heteroatoms. The number of carbonyl (C=O) groups excluding carboxylic acids is 1. The van der Waals surface area contributed by atoms with Crippen LogP contribution in [0.15, 0.2) is 52.4 Å². The van der Waals surface area contributed by atoms with Crippen LogP contribution in [0.1, 0.15) is 19.8 Å². The van der Waals surface area contributed by atoms with Crippen LogP contribution < -0.4 is 4.90 Å². The summed E-state index contributed by atoms with van der Waals surface area (Å²) in [5.74, 6) is 0.988. The van der Waals surface area contributed by atoms with E-state index >= 15 is 0 Å². The molecule has 2 aliphatic heterocycles. The second-order valence-electron chi connectivity index (χ2n) is 6.94. The molecule has 0 N–H and O–H groups in total. The molecule has 4 rings (SSSR count). The molecule has 142 valence electrons. The summed E-state index contributed by atoms with van der Waals surface area (Å²) < 4.78 is 5.23. The van der Waals surface area contributed by atoms with Gasteiger partial charge in [-0.15, -0.1) is 0 Å². The number of ether oxygens (including phenoxy) is 1. The lowest BCUT2D eigenvalue weighted by Gasteiger charge is -2.35. The molecule has 0 aliphatic carbocycles. The number of carbonyl (C=O) groups is 1. The molecule has 0 radical (unpaired) electrons. The Labute approximate surface area is 164 Å². The molecule has 1 aromatic carbocycles. The topological polar surface area (TPSA) is 45.7 Å². The maximum absolute atomic E-state index is 12.1. The van der Waals surface area contributed by atoms with Gasteiger partial charge < -0.3 is 14.5 Å². The number of piperidine rings is 1. The molecule has 1 atom stereocenters. The van der Waals surface area contributed by atoms with Crippen LogP contribution in [0.5, 0.6) is 0 Å². The van der Waals surface area contributed by atoms with Crippen molar-refractivity contribution >= 4 is 29.2 Å². The van der Waals surface area contributed by atoms with Crippen LogP contribution >= 0.6 is 11.8 Å². The summed E-state index contributed by atoms with van der Waals surface area (Å²) in [6.45, 7) is 5.92. The number of fused-ring (bicyclic) bond motifs is 2. The molecule has 0 saturated carbocycles. The van der Waals surface area contributed by atoms with Crippen molar-refractivity contribution in [2.45, 2.75) is 29.6 Å². The van der Waals surface area contributed by atoms with Gasteiger partial charge in [-0.2, -0.15) is 0 Å². The first-order valence-corrected chi connectivity index (χ1v) is 10.5. The molecule has 0 bridgehead atoms. The molecule has 2 aromatic rings. The predicted octanol–water partition coefficient (Wildman–Crippen LogP) is 3.96. The minimum atomic E-state index is -0.0473. The van der Waals surface area contributed by atoms with Crippen LogP contribution in [0.4, 0.5) is 11.5 Å². The SMILES string of the molecule is CCOC(=O)C1CCCN(CCN2c3ccccc3Sc3cccnc32)C1. The zero-order valence-corrected chi connectivity index (χ0v) is 16.5. The van der Waals surface area contributed by atoms with Crippen molar-refractivity contribution in [3.8, 4) is 0 Å². The lowest BCUT2D eigenvalue weighted by atomic mass is 9.98. The minimum absolute atomic E-state index is 0.00769. The summed E-state index contributed by atoms with van der Waals surface area (Å²) in [4.78, 5) is 23.9. The Bertz CT molecular complexity index is 768. The zero-order valence-electron chi connectivity index (χ0n) is 15.6. The van der Waals surface area contributed by atoms with Gasteiger partial charge in [0.25, 0.3) is 0 Å². The molecule has 27 heavy (non-hydrogen) atoms. The van der Waals surface area contributed by atoms with E-state index in [1.165, 1.54) is 15.5 Å². The summed E-state index contributed by atoms with van der Waals surface area (Å²) in [5, 5.41) is 0. The molecule has 2 aliphatic rings. The third kappa shape index (κ3) is 3.96. The molecule has 1 fully saturated rings. The Morgan fingerprint density at radius 3 is 2.96 bits per heavy atom. The van der Waals surface area contributed by atoms with E-state index in [1.54, 1.807) is 11.8 Å². The first-order valence-electron chi connectivity index (χ1n) is 9.64. The van der Waals surface area contributed by atoms with Gasteiger partial charge in [0.05, 0.1) is 23.1 Å². The third-order valence-electron chi connectivity index (χ3n) is 5.15. The van der Waals surface area contributed by atoms with Crippen LogP contribution in [0.2, 0.25) is 0 Å². The van der Waals surface area contributed by atoms with E-state index < -0.39 is 0 Å². The quantitative estimate of drug-likeness (QED) is 0.729. The number of rotatable bonds is 5. The Morgan fingerprint density at radius 2 is 2.07 bits per heavy atom. The molecule has 3 heterocycles. The second-order valence-corrected chi connectivity index (χ2v) is 8.02. The van der Waals surface area contributed by atoms with Gasteiger partial charge in [-0.05, 0) is 50.6 Å². The fraction of sp³-hybridized carbons (Fsp3) is 0.429. The molecular weight excluding hydrogens is 358 g/mol. The van der Waals surface area contributed by atoms with Crippen molar-refractivity contribution < 1.29 is 9.53 Å². The van der Waals surface area contributed by atoms with Crippen LogP contribution in [0.3, 0.4) is 0 Å². The van der Waals surface area contributed by atoms with E-state index in [9.17, 15) is 4.79 Å². The van der Waals surface area contributed by atoms with Crippen molar-refractivity contribution in [3.63, 3.8) is 0 Å². The lowest BCUT2D eigenvalue weighted by molar-refractivity contribution is -0.149. The van der Waals surface area contributed by atoms with Crippen molar-refractivity contribution in [3.05, 3.63) is 42.6 Å². The Morgan fingerprint density at radius 1 is 1.22 bits per heavy atom. The number of para-hydroxylation sites is 1. The standard InChI is InChI=1S/C21H25N3O2S/c1-2-26-21(25)16-7-6-12-23(15-16)13-14-24-17-8-3-4-9-18(17)27-19-10-5-11-22-20(19)24/h3-5,8-11,16H,2,6-7,12-15H2,1H3. The van der Waals surface area contributed by atoms with Gasteiger partial charge in [0, 0.05) is 30.7 Å². The average molecular weight is 384 g/mol. The Hall–Kier alpha value is -2.05. The summed E-state index contributed by atoms with van der Waals surface area (Å²) in [7, 11) is 0. The lowest BCUT2D eigenvalue weighted by Crippen LogP contribution is -2.42. The van der Waals surface area contributed by atoms with Gasteiger partial charge in [0.2, 0.25) is 0 Å². The van der Waals surface area contributed by atoms with Crippen LogP contribution in [0.25, 0.3) is 0 Å². The number of hydrogen-bond donors (Lipinski definition) is 0. The van der Waals surface area contributed by atoms with E-state index in [-0.39, 0.29) is 11.9 Å². The highest BCUT2D eigenvalue weighted by atomic mass is 32.2. The molecule has 1 aromatic heterocycles. The number of hydrogen-bond acceptors (Lipinski definition) is 6. The van der Waals surface area contributed by atoms with Crippen molar-refractivity contribution in [1.82, 2.24) is 9.88 Å². The molecule has 1 unspecified atom stereocenters. The van der Waals surface area contributed by atoms with E-state index in [0.29, 0.717) is 6.61 Å². The minimum Gasteiger partial charge on any atom is -0.466 e. The van der Waals surface area contributed by atoms with Crippen molar-refractivity contribution in [1.29, 1.82) is 0 Å². The highest BCUT2D eigenvalue weighted by molar-refractivity contribution is 7.99. The maximum atomic E-state index is 12.1. The monoisotopic (exact) mass is 383 g/mol. The highest BCUT2D eigenvalue weighted by Gasteiger charge is 2.28. The number of likely N-dealkylation sites (tertiary alicyclic amines) is 1. The van der Waals surface area contributed by atoms with Crippen LogP contribution in [-0.2, 0) is 9.53 Å². The molecule has 0 amide bonds. The average Bonchev–Trinajstić information content (AvgIpc) is 2.71. The molecule has 5 nitrogen and oxygen atoms in total. The van der Waals surface area contributed by atoms with Crippen molar-refractivity contribution in [2.24, 2.45) is 5.92 Å². The van der Waals surface area contributed by atoms with Crippen molar-refractivity contribution in [2.75, 3.05) is 37.7 Å². The van der Waals surface area contributed by atoms with Gasteiger partial charge in [-0.1, -0.05) is 23.9 Å². The van der Waals surface area contributed by atoms with Crippen LogP contribution in [-0.4, -0.2) is 48.6 Å². The van der Waals surface area contributed by atoms with E-state index in [4.69, 9.17) is 4.74 Å². The van der Waals surface area contributed by atoms with Gasteiger partial charge in [0.1, 0.15) is 5.82 Å². The largest absolute Gasteiger partial charge is 0.466 e. The zero-order chi connectivity index (χ0) is 18.6. The first-order chi connectivity index (χ1) is 13.3. The number of aromatic nitrogens is 1. The number of anilines is 2. The smallest absolute Gasteiger partial charge is 0.310 e. The first kappa shape index (κ1) is 18.3. The van der Waals surface area contributed by atoms with E-state index in [2.05, 4.69) is 45.1 Å². The number of esters is 1. The molecule has 0 spiro atoms. The highest BCUT2D eigenvalue weighted by Crippen LogP contribution is 2.46. The maximum Gasteiger partial charge on any atom is 0.310 e. The van der Waals surface area contributed by atoms with Gasteiger partial charge in [-0.25, -0.2) is 4.98 Å². The predicted molar refractivity (Wildman–Crippen MR) is 108 cm³/mol. The third-order valence-corrected chi connectivity index (χ3v) is 6.25. The van der Waals surface area contributed by atoms with E-state index in [0.717, 1.165) is 44.8 Å². The fourth-order valence-electron chi connectivity index (χ4n) is 3.84. The summed E-state index contributed by atoms with van der Waals surface area (Å²) in [6.07, 6.45) is 3.84. The summed E-state index contributed by atoms with van der Waals surface area (Å²) in [5.41, 5.74) is 1.22. The van der Waals surface area contributed by atoms with E-state index in [1.807, 2.05) is 19.2 Å². The normalized spacial score (nSPS) is 19.3. The summed E-state index contributed by atoms with van der Waals surface area (Å²) in [6, 6.07) is 12.6. The van der Waals surface area contributed by atoms with Crippen LogP contribution in [0, 0.1) is 5.92 Å². The van der Waals surface area contributed by atoms with Gasteiger partial charge in [-0.3, -0.25) is 4.79 Å².